The number of rotatable bonds is 3. The normalized spacial score (nSPS) is 17.7. The van der Waals surface area contributed by atoms with Crippen molar-refractivity contribution in [2.75, 3.05) is 0 Å². The molecule has 2 rings (SSSR count). The fraction of sp³-hybridized carbons (Fsp3) is 0.467. The molecule has 0 atom stereocenters. The number of benzene rings is 1. The Morgan fingerprint density at radius 2 is 1.81 bits per heavy atom. The van der Waals surface area contributed by atoms with E-state index in [1.807, 2.05) is 0 Å². The number of thiocarbonyl (C=S) groups is 1. The van der Waals surface area contributed by atoms with E-state index in [4.69, 9.17) is 18.0 Å². The van der Waals surface area contributed by atoms with Crippen LogP contribution >= 0.6 is 12.2 Å². The van der Waals surface area contributed by atoms with Crippen molar-refractivity contribution in [3.8, 4) is 11.5 Å². The van der Waals surface area contributed by atoms with Crippen LogP contribution in [0.5, 0.6) is 11.5 Å². The van der Waals surface area contributed by atoms with Gasteiger partial charge in [-0.15, -0.1) is 0 Å². The van der Waals surface area contributed by atoms with E-state index >= 15 is 0 Å². The van der Waals surface area contributed by atoms with Crippen molar-refractivity contribution < 1.29 is 15.0 Å². The van der Waals surface area contributed by atoms with E-state index in [9.17, 15) is 15.0 Å². The maximum Gasteiger partial charge on any atom is 0.255 e. The third-order valence-electron chi connectivity index (χ3n) is 4.01. The largest absolute Gasteiger partial charge is 0.508 e. The zero-order valence-electron chi connectivity index (χ0n) is 11.8. The van der Waals surface area contributed by atoms with Crippen molar-refractivity contribution in [3.05, 3.63) is 23.8 Å². The second-order valence-corrected chi connectivity index (χ2v) is 5.96. The van der Waals surface area contributed by atoms with Crippen molar-refractivity contribution in [1.82, 2.24) is 5.32 Å². The first-order valence-electron chi connectivity index (χ1n) is 7.09. The molecule has 0 unspecified atom stereocenters. The number of aromatic hydroxyl groups is 2. The van der Waals surface area contributed by atoms with Crippen LogP contribution in [0.2, 0.25) is 0 Å². The van der Waals surface area contributed by atoms with Gasteiger partial charge in [0.1, 0.15) is 11.5 Å². The van der Waals surface area contributed by atoms with Gasteiger partial charge >= 0.3 is 0 Å². The quantitative estimate of drug-likeness (QED) is 0.507. The summed E-state index contributed by atoms with van der Waals surface area (Å²) < 4.78 is 0. The Hall–Kier alpha value is -1.82. The van der Waals surface area contributed by atoms with Gasteiger partial charge < -0.3 is 21.3 Å². The average Bonchev–Trinajstić information content (AvgIpc) is 2.65. The summed E-state index contributed by atoms with van der Waals surface area (Å²) in [7, 11) is 0. The van der Waals surface area contributed by atoms with Crippen LogP contribution in [0.25, 0.3) is 0 Å². The van der Waals surface area contributed by atoms with Crippen LogP contribution < -0.4 is 11.1 Å². The molecule has 1 fully saturated rings. The molecular formula is C15H20N2O3S. The predicted molar refractivity (Wildman–Crippen MR) is 84.5 cm³/mol. The molecule has 0 radical (unpaired) electrons. The topological polar surface area (TPSA) is 95.6 Å². The molecule has 0 spiro atoms. The second-order valence-electron chi connectivity index (χ2n) is 5.52. The summed E-state index contributed by atoms with van der Waals surface area (Å²) in [6.45, 7) is 0. The number of carbonyl (C=O) groups is 1. The lowest BCUT2D eigenvalue weighted by molar-refractivity contribution is 0.0915. The van der Waals surface area contributed by atoms with Gasteiger partial charge in [0.2, 0.25) is 0 Å². The monoisotopic (exact) mass is 308 g/mol. The van der Waals surface area contributed by atoms with Gasteiger partial charge in [-0.2, -0.15) is 0 Å². The smallest absolute Gasteiger partial charge is 0.255 e. The number of amides is 1. The lowest BCUT2D eigenvalue weighted by Gasteiger charge is -2.33. The average molecular weight is 308 g/mol. The molecular weight excluding hydrogens is 288 g/mol. The summed E-state index contributed by atoms with van der Waals surface area (Å²) in [5, 5.41) is 22.0. The van der Waals surface area contributed by atoms with E-state index in [1.165, 1.54) is 12.1 Å². The maximum absolute atomic E-state index is 12.4. The number of nitrogens with two attached hydrogens (primary N) is 1. The number of hydrogen-bond acceptors (Lipinski definition) is 4. The fourth-order valence-corrected chi connectivity index (χ4v) is 3.02. The Kier molecular flexibility index (Phi) is 4.67. The van der Waals surface area contributed by atoms with Crippen LogP contribution in [0.4, 0.5) is 0 Å². The Labute approximate surface area is 129 Å². The summed E-state index contributed by atoms with van der Waals surface area (Å²) in [6, 6.07) is 3.87. The minimum atomic E-state index is -0.687. The maximum atomic E-state index is 12.4. The van der Waals surface area contributed by atoms with Crippen LogP contribution in [0.3, 0.4) is 0 Å². The van der Waals surface area contributed by atoms with E-state index in [1.54, 1.807) is 0 Å². The van der Waals surface area contributed by atoms with Gasteiger partial charge in [-0.3, -0.25) is 4.79 Å². The molecule has 0 bridgehead atoms. The van der Waals surface area contributed by atoms with Crippen LogP contribution in [-0.2, 0) is 0 Å². The van der Waals surface area contributed by atoms with Gasteiger partial charge in [0.15, 0.2) is 0 Å². The van der Waals surface area contributed by atoms with Crippen LogP contribution in [0, 0.1) is 0 Å². The van der Waals surface area contributed by atoms with E-state index in [0.29, 0.717) is 12.8 Å². The number of carbonyl (C=O) groups excluding carboxylic acids is 1. The molecule has 0 heterocycles. The molecule has 114 valence electrons. The van der Waals surface area contributed by atoms with E-state index < -0.39 is 11.4 Å². The second kappa shape index (κ2) is 6.30. The van der Waals surface area contributed by atoms with E-state index in [2.05, 4.69) is 5.32 Å². The molecule has 5 nitrogen and oxygen atoms in total. The standard InChI is InChI=1S/C15H20N2O3S/c16-14(21)15(7-3-1-2-4-8-15)17-13(20)11-6-5-10(18)9-12(11)19/h5-6,9,18-19H,1-4,7-8H2,(H2,16,21)(H,17,20). The van der Waals surface area contributed by atoms with Crippen molar-refractivity contribution in [1.29, 1.82) is 0 Å². The van der Waals surface area contributed by atoms with Gasteiger partial charge in [0, 0.05) is 6.07 Å². The highest BCUT2D eigenvalue weighted by Gasteiger charge is 2.36. The molecule has 1 saturated carbocycles. The first-order valence-corrected chi connectivity index (χ1v) is 7.50. The minimum absolute atomic E-state index is 0.0948. The summed E-state index contributed by atoms with van der Waals surface area (Å²) in [6.07, 6.45) is 5.55. The van der Waals surface area contributed by atoms with Crippen LogP contribution in [-0.4, -0.2) is 26.6 Å². The van der Waals surface area contributed by atoms with Gasteiger partial charge in [-0.05, 0) is 25.0 Å². The highest BCUT2D eigenvalue weighted by molar-refractivity contribution is 7.80. The lowest BCUT2D eigenvalue weighted by atomic mass is 9.89. The van der Waals surface area contributed by atoms with Crippen molar-refractivity contribution in [2.24, 2.45) is 5.73 Å². The Balaban J connectivity index is 2.24. The van der Waals surface area contributed by atoms with Crippen LogP contribution in [0.1, 0.15) is 48.9 Å². The molecule has 0 saturated heterocycles. The first kappa shape index (κ1) is 15.6. The number of phenols is 2. The summed E-state index contributed by atoms with van der Waals surface area (Å²) in [4.78, 5) is 12.7. The zero-order valence-corrected chi connectivity index (χ0v) is 12.6. The summed E-state index contributed by atoms with van der Waals surface area (Å²) >= 11 is 5.17. The number of hydrogen-bond donors (Lipinski definition) is 4. The molecule has 1 aromatic carbocycles. The van der Waals surface area contributed by atoms with Crippen molar-refractivity contribution in [2.45, 2.75) is 44.1 Å². The molecule has 6 heteroatoms. The Morgan fingerprint density at radius 3 is 2.33 bits per heavy atom. The third-order valence-corrected chi connectivity index (χ3v) is 4.40. The number of nitrogens with one attached hydrogen (secondary N) is 1. The molecule has 0 aliphatic heterocycles. The van der Waals surface area contributed by atoms with Gasteiger partial charge in [0.05, 0.1) is 16.1 Å². The zero-order chi connectivity index (χ0) is 15.5. The van der Waals surface area contributed by atoms with Gasteiger partial charge in [-0.25, -0.2) is 0 Å². The molecule has 1 aromatic rings. The predicted octanol–water partition coefficient (Wildman–Crippen LogP) is 2.21. The molecule has 5 N–H and O–H groups in total. The third kappa shape index (κ3) is 3.44. The molecule has 21 heavy (non-hydrogen) atoms. The molecule has 1 aliphatic carbocycles. The number of phenolic OH excluding ortho intramolecular Hbond substituents is 2. The van der Waals surface area contributed by atoms with Crippen LogP contribution in [0.15, 0.2) is 18.2 Å². The molecule has 1 amide bonds. The van der Waals surface area contributed by atoms with Gasteiger partial charge in [0.25, 0.3) is 5.91 Å². The first-order chi connectivity index (χ1) is 9.94. The van der Waals surface area contributed by atoms with Gasteiger partial charge in [-0.1, -0.05) is 37.9 Å². The fourth-order valence-electron chi connectivity index (χ4n) is 2.76. The SMILES string of the molecule is NC(=S)C1(NC(=O)c2ccc(O)cc2O)CCCCCC1. The van der Waals surface area contributed by atoms with E-state index in [0.717, 1.165) is 31.7 Å². The highest BCUT2D eigenvalue weighted by atomic mass is 32.1. The Bertz CT molecular complexity index is 552. The van der Waals surface area contributed by atoms with Crippen molar-refractivity contribution in [3.63, 3.8) is 0 Å². The highest BCUT2D eigenvalue weighted by Crippen LogP contribution is 2.29. The molecule has 1 aliphatic rings. The minimum Gasteiger partial charge on any atom is -0.508 e. The molecule has 0 aromatic heterocycles. The lowest BCUT2D eigenvalue weighted by Crippen LogP contribution is -2.56. The Morgan fingerprint density at radius 1 is 1.19 bits per heavy atom. The summed E-state index contributed by atoms with van der Waals surface area (Å²) in [5.74, 6) is -0.788. The van der Waals surface area contributed by atoms with Crippen molar-refractivity contribution >= 4 is 23.1 Å². The van der Waals surface area contributed by atoms with E-state index in [-0.39, 0.29) is 22.1 Å². The summed E-state index contributed by atoms with van der Waals surface area (Å²) in [5.41, 5.74) is 5.29.